The summed E-state index contributed by atoms with van der Waals surface area (Å²) in [5.41, 5.74) is 0.971. The van der Waals surface area contributed by atoms with Crippen LogP contribution in [0.2, 0.25) is 0 Å². The first-order valence-corrected chi connectivity index (χ1v) is 5.03. The van der Waals surface area contributed by atoms with Crippen molar-refractivity contribution in [3.05, 3.63) is 11.6 Å². The molecule has 1 atom stereocenters. The predicted molar refractivity (Wildman–Crippen MR) is 52.4 cm³/mol. The summed E-state index contributed by atoms with van der Waals surface area (Å²) in [5.74, 6) is 0.642. The van der Waals surface area contributed by atoms with Crippen LogP contribution in [0.5, 0.6) is 0 Å². The molecule has 0 aromatic rings. The molecule has 74 valence electrons. The first-order valence-electron chi connectivity index (χ1n) is 5.03. The van der Waals surface area contributed by atoms with Gasteiger partial charge in [0.25, 0.3) is 0 Å². The molecule has 13 heavy (non-hydrogen) atoms. The molecule has 2 nitrogen and oxygen atoms in total. The molecule has 2 heteroatoms. The standard InChI is InChI=1S/C11H18O2/c1-9(8-12)6-7-10-4-2-3-5-11(10)13/h6,10,12H,2-5,7-8H2,1H3/b9-6-. The van der Waals surface area contributed by atoms with E-state index in [9.17, 15) is 4.79 Å². The maximum absolute atomic E-state index is 11.4. The van der Waals surface area contributed by atoms with Crippen LogP contribution in [0.1, 0.15) is 39.0 Å². The van der Waals surface area contributed by atoms with Crippen LogP contribution in [0.15, 0.2) is 11.6 Å². The van der Waals surface area contributed by atoms with E-state index in [0.29, 0.717) is 5.78 Å². The van der Waals surface area contributed by atoms with Gasteiger partial charge in [0.05, 0.1) is 6.61 Å². The van der Waals surface area contributed by atoms with E-state index in [2.05, 4.69) is 0 Å². The van der Waals surface area contributed by atoms with Crippen molar-refractivity contribution in [3.63, 3.8) is 0 Å². The van der Waals surface area contributed by atoms with E-state index in [4.69, 9.17) is 5.11 Å². The zero-order valence-corrected chi connectivity index (χ0v) is 8.25. The van der Waals surface area contributed by atoms with Gasteiger partial charge in [-0.2, -0.15) is 0 Å². The van der Waals surface area contributed by atoms with Gasteiger partial charge in [0, 0.05) is 12.3 Å². The minimum absolute atomic E-state index is 0.112. The van der Waals surface area contributed by atoms with Crippen LogP contribution < -0.4 is 0 Å². The van der Waals surface area contributed by atoms with Gasteiger partial charge in [-0.15, -0.1) is 0 Å². The molecule has 1 fully saturated rings. The van der Waals surface area contributed by atoms with Crippen molar-refractivity contribution >= 4 is 5.78 Å². The third kappa shape index (κ3) is 3.31. The molecule has 0 radical (unpaired) electrons. The third-order valence-corrected chi connectivity index (χ3v) is 2.68. The number of hydrogen-bond acceptors (Lipinski definition) is 2. The highest BCUT2D eigenvalue weighted by Crippen LogP contribution is 2.23. The van der Waals surface area contributed by atoms with Crippen molar-refractivity contribution < 1.29 is 9.90 Å². The van der Waals surface area contributed by atoms with Crippen molar-refractivity contribution in [1.82, 2.24) is 0 Å². The van der Waals surface area contributed by atoms with Crippen molar-refractivity contribution in [2.45, 2.75) is 39.0 Å². The summed E-state index contributed by atoms with van der Waals surface area (Å²) in [4.78, 5) is 11.4. The number of allylic oxidation sites excluding steroid dienone is 1. The molecule has 0 amide bonds. The summed E-state index contributed by atoms with van der Waals surface area (Å²) >= 11 is 0. The topological polar surface area (TPSA) is 37.3 Å². The van der Waals surface area contributed by atoms with Crippen molar-refractivity contribution in [3.8, 4) is 0 Å². The minimum Gasteiger partial charge on any atom is -0.392 e. The minimum atomic E-state index is 0.112. The number of Topliss-reactive ketones (excluding diaryl/α,β-unsaturated/α-hetero) is 1. The molecule has 0 bridgehead atoms. The lowest BCUT2D eigenvalue weighted by Crippen LogP contribution is -2.18. The van der Waals surface area contributed by atoms with Crippen molar-refractivity contribution in [2.24, 2.45) is 5.92 Å². The Labute approximate surface area is 79.6 Å². The number of ketones is 1. The Morgan fingerprint density at radius 2 is 2.38 bits per heavy atom. The Morgan fingerprint density at radius 1 is 1.62 bits per heavy atom. The van der Waals surface area contributed by atoms with E-state index in [1.54, 1.807) is 0 Å². The van der Waals surface area contributed by atoms with Crippen LogP contribution in [0.4, 0.5) is 0 Å². The Morgan fingerprint density at radius 3 is 3.00 bits per heavy atom. The van der Waals surface area contributed by atoms with Gasteiger partial charge in [0.2, 0.25) is 0 Å². The number of rotatable bonds is 3. The fourth-order valence-corrected chi connectivity index (χ4v) is 1.71. The van der Waals surface area contributed by atoms with Crippen molar-refractivity contribution in [2.75, 3.05) is 6.61 Å². The Balaban J connectivity index is 2.39. The molecule has 1 aliphatic carbocycles. The molecule has 0 aromatic heterocycles. The van der Waals surface area contributed by atoms with Gasteiger partial charge in [0.1, 0.15) is 5.78 Å². The Bertz CT molecular complexity index is 206. The van der Waals surface area contributed by atoms with Crippen LogP contribution >= 0.6 is 0 Å². The first-order chi connectivity index (χ1) is 6.24. The SMILES string of the molecule is C/C(=C/CC1CCCCC1=O)CO. The third-order valence-electron chi connectivity index (χ3n) is 2.68. The average Bonchev–Trinajstić information content (AvgIpc) is 2.16. The molecular formula is C11H18O2. The molecule has 1 saturated carbocycles. The molecule has 0 spiro atoms. The highest BCUT2D eigenvalue weighted by Gasteiger charge is 2.20. The van der Waals surface area contributed by atoms with Gasteiger partial charge in [-0.05, 0) is 26.2 Å². The van der Waals surface area contributed by atoms with Crippen LogP contribution in [0, 0.1) is 5.92 Å². The second-order valence-electron chi connectivity index (χ2n) is 3.85. The maximum Gasteiger partial charge on any atom is 0.136 e. The average molecular weight is 182 g/mol. The summed E-state index contributed by atoms with van der Waals surface area (Å²) < 4.78 is 0. The Hall–Kier alpha value is -0.630. The largest absolute Gasteiger partial charge is 0.392 e. The number of carbonyl (C=O) groups excluding carboxylic acids is 1. The molecular weight excluding hydrogens is 164 g/mol. The van der Waals surface area contributed by atoms with Gasteiger partial charge in [-0.25, -0.2) is 0 Å². The van der Waals surface area contributed by atoms with Gasteiger partial charge < -0.3 is 5.11 Å². The maximum atomic E-state index is 11.4. The van der Waals surface area contributed by atoms with Gasteiger partial charge in [0.15, 0.2) is 0 Å². The van der Waals surface area contributed by atoms with Crippen LogP contribution in [0.3, 0.4) is 0 Å². The second kappa shape index (κ2) is 5.18. The highest BCUT2D eigenvalue weighted by atomic mass is 16.3. The smallest absolute Gasteiger partial charge is 0.136 e. The summed E-state index contributed by atoms with van der Waals surface area (Å²) in [6.45, 7) is 2.01. The molecule has 0 aromatic carbocycles. The summed E-state index contributed by atoms with van der Waals surface area (Å²) in [5, 5.41) is 8.78. The fourth-order valence-electron chi connectivity index (χ4n) is 1.71. The second-order valence-corrected chi connectivity index (χ2v) is 3.85. The first kappa shape index (κ1) is 10.5. The van der Waals surface area contributed by atoms with Gasteiger partial charge in [-0.3, -0.25) is 4.79 Å². The van der Waals surface area contributed by atoms with E-state index in [0.717, 1.165) is 31.3 Å². The quantitative estimate of drug-likeness (QED) is 0.678. The zero-order valence-electron chi connectivity index (χ0n) is 8.25. The highest BCUT2D eigenvalue weighted by molar-refractivity contribution is 5.81. The van der Waals surface area contributed by atoms with E-state index in [1.807, 2.05) is 13.0 Å². The van der Waals surface area contributed by atoms with Crippen LogP contribution in [-0.4, -0.2) is 17.5 Å². The number of aliphatic hydroxyl groups is 1. The van der Waals surface area contributed by atoms with Gasteiger partial charge in [-0.1, -0.05) is 18.1 Å². The number of hydrogen-bond donors (Lipinski definition) is 1. The number of aliphatic hydroxyl groups excluding tert-OH is 1. The summed E-state index contributed by atoms with van der Waals surface area (Å²) in [7, 11) is 0. The predicted octanol–water partition coefficient (Wildman–Crippen LogP) is 2.07. The van der Waals surface area contributed by atoms with Crippen LogP contribution in [0.25, 0.3) is 0 Å². The molecule has 1 aliphatic rings. The molecule has 1 N–H and O–H groups in total. The van der Waals surface area contributed by atoms with E-state index in [1.165, 1.54) is 6.42 Å². The normalized spacial score (nSPS) is 24.9. The van der Waals surface area contributed by atoms with Gasteiger partial charge >= 0.3 is 0 Å². The van der Waals surface area contributed by atoms with Crippen molar-refractivity contribution in [1.29, 1.82) is 0 Å². The fraction of sp³-hybridized carbons (Fsp3) is 0.727. The summed E-state index contributed by atoms with van der Waals surface area (Å²) in [6, 6.07) is 0. The van der Waals surface area contributed by atoms with E-state index < -0.39 is 0 Å². The lowest BCUT2D eigenvalue weighted by Gasteiger charge is -2.18. The van der Waals surface area contributed by atoms with E-state index >= 15 is 0 Å². The molecule has 0 aliphatic heterocycles. The van der Waals surface area contributed by atoms with Crippen LogP contribution in [-0.2, 0) is 4.79 Å². The molecule has 1 unspecified atom stereocenters. The zero-order chi connectivity index (χ0) is 9.68. The number of carbonyl (C=O) groups is 1. The lowest BCUT2D eigenvalue weighted by atomic mass is 9.85. The molecule has 1 rings (SSSR count). The summed E-state index contributed by atoms with van der Waals surface area (Å²) in [6.07, 6.45) is 6.87. The molecule has 0 heterocycles. The molecule has 0 saturated heterocycles. The van der Waals surface area contributed by atoms with E-state index in [-0.39, 0.29) is 12.5 Å². The Kier molecular flexibility index (Phi) is 4.16. The lowest BCUT2D eigenvalue weighted by molar-refractivity contribution is -0.124. The monoisotopic (exact) mass is 182 g/mol.